The number of thiazole rings is 1. The largest absolute Gasteiger partial charge is 0.507 e. The molecule has 7 nitrogen and oxygen atoms in total. The predicted octanol–water partition coefficient (Wildman–Crippen LogP) is 4.09. The zero-order valence-electron chi connectivity index (χ0n) is 16.7. The number of hydrogen-bond donors (Lipinski definition) is 1. The van der Waals surface area contributed by atoms with Crippen LogP contribution in [0.5, 0.6) is 5.75 Å². The topological polar surface area (TPSA) is 92.6 Å². The first kappa shape index (κ1) is 20.7. The molecule has 9 heteroatoms. The summed E-state index contributed by atoms with van der Waals surface area (Å²) in [6.07, 6.45) is 4.35. The molecule has 0 radical (unpaired) electrons. The number of carbonyl (C=O) groups is 2. The fraction of sp³-hybridized carbons (Fsp3) is 0.182. The highest BCUT2D eigenvalue weighted by molar-refractivity contribution is 7.14. The Morgan fingerprint density at radius 3 is 2.68 bits per heavy atom. The van der Waals surface area contributed by atoms with E-state index < -0.39 is 29.3 Å². The van der Waals surface area contributed by atoms with Crippen molar-refractivity contribution in [3.8, 4) is 5.75 Å². The maximum absolute atomic E-state index is 14.5. The van der Waals surface area contributed by atoms with Gasteiger partial charge < -0.3 is 9.84 Å². The molecule has 1 saturated heterocycles. The third-order valence-corrected chi connectivity index (χ3v) is 5.41. The second-order valence-electron chi connectivity index (χ2n) is 7.08. The van der Waals surface area contributed by atoms with E-state index in [1.165, 1.54) is 40.8 Å². The van der Waals surface area contributed by atoms with Gasteiger partial charge in [-0.25, -0.2) is 9.37 Å². The van der Waals surface area contributed by atoms with Crippen molar-refractivity contribution in [3.05, 3.63) is 76.8 Å². The van der Waals surface area contributed by atoms with E-state index in [9.17, 15) is 19.1 Å². The summed E-state index contributed by atoms with van der Waals surface area (Å²) in [4.78, 5) is 35.2. The lowest BCUT2D eigenvalue weighted by Crippen LogP contribution is -2.29. The number of aromatic nitrogens is 2. The second-order valence-corrected chi connectivity index (χ2v) is 7.95. The quantitative estimate of drug-likeness (QED) is 0.366. The Hall–Kier alpha value is -3.59. The van der Waals surface area contributed by atoms with E-state index in [0.717, 1.165) is 6.07 Å². The fourth-order valence-corrected chi connectivity index (χ4v) is 4.04. The second kappa shape index (κ2) is 8.27. The Kier molecular flexibility index (Phi) is 5.51. The maximum atomic E-state index is 14.5. The molecule has 0 saturated carbocycles. The summed E-state index contributed by atoms with van der Waals surface area (Å²) >= 11 is 1.18. The van der Waals surface area contributed by atoms with Gasteiger partial charge >= 0.3 is 5.91 Å². The van der Waals surface area contributed by atoms with E-state index in [-0.39, 0.29) is 23.0 Å². The Morgan fingerprint density at radius 1 is 1.26 bits per heavy atom. The van der Waals surface area contributed by atoms with Crippen LogP contribution in [0, 0.1) is 5.82 Å². The van der Waals surface area contributed by atoms with Crippen molar-refractivity contribution < 1.29 is 23.8 Å². The number of ketones is 1. The molecule has 0 bridgehead atoms. The number of amides is 1. The molecule has 0 aliphatic carbocycles. The number of aliphatic hydroxyl groups is 1. The van der Waals surface area contributed by atoms with E-state index in [2.05, 4.69) is 9.97 Å². The zero-order valence-corrected chi connectivity index (χ0v) is 17.5. The molecule has 3 aromatic rings. The van der Waals surface area contributed by atoms with Crippen molar-refractivity contribution in [2.24, 2.45) is 0 Å². The summed E-state index contributed by atoms with van der Waals surface area (Å²) in [5, 5.41) is 13.0. The van der Waals surface area contributed by atoms with Gasteiger partial charge in [-0.15, -0.1) is 11.3 Å². The summed E-state index contributed by atoms with van der Waals surface area (Å²) in [5.74, 6) is -2.86. The molecule has 158 valence electrons. The SMILES string of the molecule is CC(C)Oc1ccc(C(O)=C2C(=O)C(=O)N(c3nccs3)[C@@H]2c2cccnc2)cc1F. The first-order chi connectivity index (χ1) is 14.9. The van der Waals surface area contributed by atoms with Gasteiger partial charge in [0.1, 0.15) is 5.76 Å². The smallest absolute Gasteiger partial charge is 0.301 e. The minimum Gasteiger partial charge on any atom is -0.507 e. The van der Waals surface area contributed by atoms with Crippen molar-refractivity contribution in [2.75, 3.05) is 4.90 Å². The van der Waals surface area contributed by atoms with E-state index in [1.807, 2.05) is 0 Å². The zero-order chi connectivity index (χ0) is 22.1. The predicted molar refractivity (Wildman–Crippen MR) is 113 cm³/mol. The number of ether oxygens (including phenoxy) is 1. The van der Waals surface area contributed by atoms with Crippen molar-refractivity contribution in [2.45, 2.75) is 26.0 Å². The number of benzene rings is 1. The van der Waals surface area contributed by atoms with Gasteiger partial charge in [-0.1, -0.05) is 6.07 Å². The summed E-state index contributed by atoms with van der Waals surface area (Å²) in [6, 6.07) is 6.29. The number of pyridine rings is 1. The first-order valence-electron chi connectivity index (χ1n) is 9.45. The standard InChI is InChI=1S/C22H18FN3O4S/c1-12(2)30-16-6-5-13(10-15(16)23)19(27)17-18(14-4-3-7-24-11-14)26(21(29)20(17)28)22-25-8-9-31-22/h3-12,18,27H,1-2H3/t18-/m1/s1. The van der Waals surface area contributed by atoms with Crippen LogP contribution in [0.1, 0.15) is 31.0 Å². The van der Waals surface area contributed by atoms with Crippen molar-refractivity contribution >= 4 is 33.9 Å². The molecule has 1 amide bonds. The normalized spacial score (nSPS) is 18.1. The molecule has 1 aromatic carbocycles. The number of halogens is 1. The summed E-state index contributed by atoms with van der Waals surface area (Å²) in [5.41, 5.74) is 0.406. The lowest BCUT2D eigenvalue weighted by Gasteiger charge is -2.22. The summed E-state index contributed by atoms with van der Waals surface area (Å²) in [7, 11) is 0. The number of hydrogen-bond acceptors (Lipinski definition) is 7. The molecule has 31 heavy (non-hydrogen) atoms. The monoisotopic (exact) mass is 439 g/mol. The fourth-order valence-electron chi connectivity index (χ4n) is 3.37. The van der Waals surface area contributed by atoms with E-state index >= 15 is 0 Å². The summed E-state index contributed by atoms with van der Waals surface area (Å²) in [6.45, 7) is 3.53. The number of anilines is 1. The van der Waals surface area contributed by atoms with Crippen LogP contribution in [0.4, 0.5) is 9.52 Å². The van der Waals surface area contributed by atoms with Gasteiger partial charge in [-0.2, -0.15) is 0 Å². The molecular formula is C22H18FN3O4S. The molecule has 1 aliphatic heterocycles. The summed E-state index contributed by atoms with van der Waals surface area (Å²) < 4.78 is 19.9. The van der Waals surface area contributed by atoms with E-state index in [4.69, 9.17) is 4.74 Å². The van der Waals surface area contributed by atoms with E-state index in [0.29, 0.717) is 10.7 Å². The molecule has 1 N–H and O–H groups in total. The van der Waals surface area contributed by atoms with Crippen LogP contribution in [0.2, 0.25) is 0 Å². The van der Waals surface area contributed by atoms with Crippen molar-refractivity contribution in [1.29, 1.82) is 0 Å². The molecule has 2 aromatic heterocycles. The number of Topliss-reactive ketones (excluding diaryl/α,β-unsaturated/α-hetero) is 1. The lowest BCUT2D eigenvalue weighted by atomic mass is 9.96. The molecule has 1 fully saturated rings. The van der Waals surface area contributed by atoms with Crippen LogP contribution in [0.25, 0.3) is 5.76 Å². The van der Waals surface area contributed by atoms with Gasteiger partial charge in [-0.05, 0) is 43.7 Å². The van der Waals surface area contributed by atoms with Gasteiger partial charge in [0.2, 0.25) is 0 Å². The van der Waals surface area contributed by atoms with Crippen LogP contribution < -0.4 is 9.64 Å². The molecule has 1 aliphatic rings. The highest BCUT2D eigenvalue weighted by Gasteiger charge is 2.48. The van der Waals surface area contributed by atoms with Gasteiger partial charge in [-0.3, -0.25) is 19.5 Å². The van der Waals surface area contributed by atoms with Crippen LogP contribution in [-0.4, -0.2) is 32.9 Å². The average Bonchev–Trinajstić information content (AvgIpc) is 3.36. The average molecular weight is 439 g/mol. The number of carbonyl (C=O) groups excluding carboxylic acids is 2. The van der Waals surface area contributed by atoms with Crippen LogP contribution >= 0.6 is 11.3 Å². The minimum absolute atomic E-state index is 0.0265. The Labute approximate surface area is 181 Å². The van der Waals surface area contributed by atoms with E-state index in [1.54, 1.807) is 37.6 Å². The molecule has 0 spiro atoms. The maximum Gasteiger partial charge on any atom is 0.301 e. The molecular weight excluding hydrogens is 421 g/mol. The third-order valence-electron chi connectivity index (χ3n) is 4.64. The van der Waals surface area contributed by atoms with Gasteiger partial charge in [0.05, 0.1) is 17.7 Å². The Balaban J connectivity index is 1.86. The van der Waals surface area contributed by atoms with Crippen molar-refractivity contribution in [1.82, 2.24) is 9.97 Å². The van der Waals surface area contributed by atoms with Gasteiger partial charge in [0.15, 0.2) is 16.7 Å². The van der Waals surface area contributed by atoms with Crippen LogP contribution in [0.3, 0.4) is 0 Å². The van der Waals surface area contributed by atoms with Gasteiger partial charge in [0, 0.05) is 29.5 Å². The molecule has 0 unspecified atom stereocenters. The minimum atomic E-state index is -0.950. The lowest BCUT2D eigenvalue weighted by molar-refractivity contribution is -0.132. The Morgan fingerprint density at radius 2 is 2.06 bits per heavy atom. The van der Waals surface area contributed by atoms with Crippen molar-refractivity contribution in [3.63, 3.8) is 0 Å². The molecule has 4 rings (SSSR count). The molecule has 1 atom stereocenters. The molecule has 3 heterocycles. The van der Waals surface area contributed by atoms with Crippen LogP contribution in [-0.2, 0) is 9.59 Å². The van der Waals surface area contributed by atoms with Gasteiger partial charge in [0.25, 0.3) is 5.78 Å². The number of rotatable bonds is 5. The third kappa shape index (κ3) is 3.79. The Bertz CT molecular complexity index is 1160. The number of aliphatic hydroxyl groups excluding tert-OH is 1. The highest BCUT2D eigenvalue weighted by atomic mass is 32.1. The highest BCUT2D eigenvalue weighted by Crippen LogP contribution is 2.42. The van der Waals surface area contributed by atoms with Crippen LogP contribution in [0.15, 0.2) is 59.9 Å². The first-order valence-corrected chi connectivity index (χ1v) is 10.3. The number of nitrogens with zero attached hydrogens (tertiary/aromatic N) is 3.